The molecular weight excluding hydrogens is 738 g/mol. The van der Waals surface area contributed by atoms with Gasteiger partial charge in [-0.2, -0.15) is 24.9 Å². The molecule has 0 bridgehead atoms. The van der Waals surface area contributed by atoms with Gasteiger partial charge in [-0.25, -0.2) is 4.98 Å². The van der Waals surface area contributed by atoms with Crippen molar-refractivity contribution in [1.29, 1.82) is 0 Å². The maximum atomic E-state index is 8.58. The van der Waals surface area contributed by atoms with E-state index in [9.17, 15) is 0 Å². The smallest absolute Gasteiger partial charge is 0.423 e. The Morgan fingerprint density at radius 2 is 0.630 bits per heavy atom. The third-order valence-electron chi connectivity index (χ3n) is 7.77. The highest BCUT2D eigenvalue weighted by Gasteiger charge is 2.11. The minimum absolute atomic E-state index is 0.0881. The molecule has 0 spiro atoms. The van der Waals surface area contributed by atoms with Gasteiger partial charge in [-0.15, -0.1) is 0 Å². The molecule has 0 fully saturated rings. The van der Waals surface area contributed by atoms with Crippen molar-refractivity contribution in [3.05, 3.63) is 186 Å². The predicted octanol–water partition coefficient (Wildman–Crippen LogP) is 9.40. The molecule has 54 heavy (non-hydrogen) atoms. The molecule has 8 aromatic rings. The van der Waals surface area contributed by atoms with Crippen LogP contribution in [0.25, 0.3) is 56.4 Å². The maximum absolute atomic E-state index is 8.58. The Morgan fingerprint density at radius 3 is 1.04 bits per heavy atom. The molecule has 0 aliphatic carbocycles. The van der Waals surface area contributed by atoms with Crippen LogP contribution in [0.3, 0.4) is 0 Å². The van der Waals surface area contributed by atoms with Crippen LogP contribution in [0, 0.1) is 0 Å². The molecule has 12 heteroatoms. The van der Waals surface area contributed by atoms with Crippen molar-refractivity contribution < 1.29 is 10.0 Å². The van der Waals surface area contributed by atoms with Crippen LogP contribution in [0.15, 0.2) is 170 Å². The van der Waals surface area contributed by atoms with E-state index in [4.69, 9.17) is 44.9 Å². The summed E-state index contributed by atoms with van der Waals surface area (Å²) >= 11 is 17.8. The van der Waals surface area contributed by atoms with Gasteiger partial charge in [-0.3, -0.25) is 0 Å². The summed E-state index contributed by atoms with van der Waals surface area (Å²) < 4.78 is 0. The summed E-state index contributed by atoms with van der Waals surface area (Å²) in [6.07, 6.45) is 0. The monoisotopic (exact) mass is 766 g/mol. The van der Waals surface area contributed by atoms with E-state index in [1.165, 1.54) is 0 Å². The van der Waals surface area contributed by atoms with E-state index in [0.717, 1.165) is 38.9 Å². The van der Waals surface area contributed by atoms with Crippen LogP contribution in [0.1, 0.15) is 0 Å². The number of benzene rings is 6. The molecule has 0 radical (unpaired) electrons. The molecule has 0 aliphatic rings. The van der Waals surface area contributed by atoms with Crippen molar-refractivity contribution in [1.82, 2.24) is 29.9 Å². The second-order valence-electron chi connectivity index (χ2n) is 11.5. The Balaban J connectivity index is 0.000000153. The summed E-state index contributed by atoms with van der Waals surface area (Å²) in [6, 6.07) is 54.7. The number of hydrogen-bond donors (Lipinski definition) is 2. The normalized spacial score (nSPS) is 10.3. The average molecular weight is 768 g/mol. The zero-order valence-electron chi connectivity index (χ0n) is 28.5. The Labute approximate surface area is 328 Å². The lowest BCUT2D eigenvalue weighted by Crippen LogP contribution is -2.29. The van der Waals surface area contributed by atoms with Gasteiger partial charge in [0.1, 0.15) is 0 Å². The highest BCUT2D eigenvalue weighted by Crippen LogP contribution is 2.27. The third-order valence-corrected chi connectivity index (χ3v) is 8.28. The number of halogens is 3. The number of hydrogen-bond acceptors (Lipinski definition) is 8. The van der Waals surface area contributed by atoms with Crippen molar-refractivity contribution in [3.63, 3.8) is 0 Å². The fourth-order valence-corrected chi connectivity index (χ4v) is 5.74. The molecule has 8 rings (SSSR count). The van der Waals surface area contributed by atoms with Crippen molar-refractivity contribution in [2.75, 3.05) is 0 Å². The van der Waals surface area contributed by atoms with Gasteiger partial charge in [-0.05, 0) is 74.7 Å². The van der Waals surface area contributed by atoms with E-state index in [0.29, 0.717) is 22.9 Å². The molecule has 0 unspecified atom stereocenters. The Kier molecular flexibility index (Phi) is 13.2. The molecule has 0 saturated carbocycles. The van der Waals surface area contributed by atoms with Crippen molar-refractivity contribution in [2.45, 2.75) is 0 Å². The average Bonchev–Trinajstić information content (AvgIpc) is 3.22. The van der Waals surface area contributed by atoms with Crippen LogP contribution in [0.4, 0.5) is 0 Å². The number of nitrogens with zero attached hydrogens (tertiary/aromatic N) is 6. The van der Waals surface area contributed by atoms with Gasteiger partial charge in [0.15, 0.2) is 17.5 Å². The summed E-state index contributed by atoms with van der Waals surface area (Å²) in [5.74, 6) is 1.60. The molecule has 2 N–H and O–H groups in total. The fourth-order valence-electron chi connectivity index (χ4n) is 5.21. The first-order valence-corrected chi connectivity index (χ1v) is 17.7. The molecule has 2 aromatic heterocycles. The third kappa shape index (κ3) is 10.6. The van der Waals surface area contributed by atoms with E-state index < -0.39 is 7.12 Å². The lowest BCUT2D eigenvalue weighted by molar-refractivity contribution is 0.426. The first-order chi connectivity index (χ1) is 26.3. The summed E-state index contributed by atoms with van der Waals surface area (Å²) in [6.45, 7) is 0. The molecule has 0 saturated heterocycles. The standard InChI is InChI=1S/C21H14ClN3.C15H9Cl2N3.C6H7BO2/c22-21-24-19(16-10-5-2-6-11-16)23-20(25-21)18-13-7-12-17(14-18)15-8-3-1-4-9-15;16-14-18-13(19-15(17)20-14)12-8-4-7-11(9-12)10-5-2-1-3-6-10;8-7(9)6-4-2-1-3-5-6/h1-14H;1-9H;1-5,8-9H. The van der Waals surface area contributed by atoms with E-state index in [-0.39, 0.29) is 15.9 Å². The second-order valence-corrected chi connectivity index (χ2v) is 12.5. The number of aromatic nitrogens is 6. The SMILES string of the molecule is Clc1nc(-c2ccccc2)nc(-c2cccc(-c3ccccc3)c2)n1.Clc1nc(Cl)nc(-c2cccc(-c3ccccc3)c2)n1.OB(O)c1ccccc1. The van der Waals surface area contributed by atoms with Crippen molar-refractivity contribution in [2.24, 2.45) is 0 Å². The van der Waals surface area contributed by atoms with Crippen LogP contribution >= 0.6 is 34.8 Å². The summed E-state index contributed by atoms with van der Waals surface area (Å²) in [5.41, 5.74) is 7.64. The van der Waals surface area contributed by atoms with Crippen LogP contribution in [0.2, 0.25) is 15.9 Å². The molecule has 8 nitrogen and oxygen atoms in total. The molecule has 2 heterocycles. The Hall–Kier alpha value is -5.81. The van der Waals surface area contributed by atoms with Crippen LogP contribution in [0.5, 0.6) is 0 Å². The zero-order valence-corrected chi connectivity index (χ0v) is 30.7. The number of rotatable bonds is 6. The lowest BCUT2D eigenvalue weighted by Gasteiger charge is -2.07. The molecule has 0 amide bonds. The van der Waals surface area contributed by atoms with Crippen molar-refractivity contribution in [3.8, 4) is 56.4 Å². The minimum atomic E-state index is -1.34. The van der Waals surface area contributed by atoms with Gasteiger partial charge >= 0.3 is 7.12 Å². The van der Waals surface area contributed by atoms with Gasteiger partial charge in [-0.1, -0.05) is 158 Å². The van der Waals surface area contributed by atoms with Crippen molar-refractivity contribution >= 4 is 47.4 Å². The van der Waals surface area contributed by atoms with E-state index in [2.05, 4.69) is 54.2 Å². The highest BCUT2D eigenvalue weighted by atomic mass is 35.5. The predicted molar refractivity (Wildman–Crippen MR) is 218 cm³/mol. The molecule has 6 aromatic carbocycles. The molecular formula is C42H30BCl3N6O2. The van der Waals surface area contributed by atoms with Gasteiger partial charge in [0.2, 0.25) is 15.9 Å². The van der Waals surface area contributed by atoms with Gasteiger partial charge < -0.3 is 10.0 Å². The molecule has 0 aliphatic heterocycles. The van der Waals surface area contributed by atoms with E-state index >= 15 is 0 Å². The summed E-state index contributed by atoms with van der Waals surface area (Å²) in [4.78, 5) is 25.1. The van der Waals surface area contributed by atoms with Gasteiger partial charge in [0.25, 0.3) is 0 Å². The minimum Gasteiger partial charge on any atom is -0.423 e. The quantitative estimate of drug-likeness (QED) is 0.161. The molecule has 0 atom stereocenters. The first kappa shape index (κ1) is 37.9. The lowest BCUT2D eigenvalue weighted by atomic mass is 9.81. The van der Waals surface area contributed by atoms with Crippen LogP contribution in [-0.4, -0.2) is 47.1 Å². The topological polar surface area (TPSA) is 118 Å². The largest absolute Gasteiger partial charge is 0.488 e. The Morgan fingerprint density at radius 1 is 0.315 bits per heavy atom. The first-order valence-electron chi connectivity index (χ1n) is 16.6. The van der Waals surface area contributed by atoms with E-state index in [1.54, 1.807) is 24.3 Å². The summed E-state index contributed by atoms with van der Waals surface area (Å²) in [5, 5.41) is 17.5. The maximum Gasteiger partial charge on any atom is 0.488 e. The second kappa shape index (κ2) is 18.8. The van der Waals surface area contributed by atoms with E-state index in [1.807, 2.05) is 121 Å². The van der Waals surface area contributed by atoms with Gasteiger partial charge in [0.05, 0.1) is 0 Å². The van der Waals surface area contributed by atoms with Gasteiger partial charge in [0, 0.05) is 16.7 Å². The Bertz CT molecular complexity index is 2390. The fraction of sp³-hybridized carbons (Fsp3) is 0. The summed E-state index contributed by atoms with van der Waals surface area (Å²) in [7, 11) is -1.34. The van der Waals surface area contributed by atoms with Crippen LogP contribution in [-0.2, 0) is 0 Å². The zero-order chi connectivity index (χ0) is 37.7. The van der Waals surface area contributed by atoms with Crippen LogP contribution < -0.4 is 5.46 Å². The highest BCUT2D eigenvalue weighted by molar-refractivity contribution is 6.58. The molecule has 264 valence electrons.